The van der Waals surface area contributed by atoms with Gasteiger partial charge in [-0.15, -0.1) is 0 Å². The van der Waals surface area contributed by atoms with E-state index < -0.39 is 12.0 Å². The molecule has 0 fully saturated rings. The minimum Gasteiger partial charge on any atom is -0.426 e. The van der Waals surface area contributed by atoms with E-state index >= 15 is 0 Å². The quantitative estimate of drug-likeness (QED) is 0.510. The standard InChI is InChI=1S/C19H15ClN2O4/c1-25-22-17(11-18(23)26-14-5-3-2-4-6-14)16-10-12-9-13(20)7-8-15(12)21(16)19(22)24/h2-10,17H,11H2,1H3. The number of carbonyl (C=O) groups is 2. The molecule has 1 aliphatic heterocycles. The summed E-state index contributed by atoms with van der Waals surface area (Å²) in [5.74, 6) is 0.00547. The van der Waals surface area contributed by atoms with Crippen molar-refractivity contribution in [3.63, 3.8) is 0 Å². The van der Waals surface area contributed by atoms with Gasteiger partial charge < -0.3 is 4.74 Å². The van der Waals surface area contributed by atoms with E-state index in [2.05, 4.69) is 0 Å². The molecule has 3 aromatic rings. The van der Waals surface area contributed by atoms with E-state index in [4.69, 9.17) is 21.2 Å². The average molecular weight is 371 g/mol. The Hall–Kier alpha value is -2.83. The Bertz CT molecular complexity index is 999. The number of ether oxygens (including phenoxy) is 1. The molecule has 1 atom stereocenters. The number of aromatic nitrogens is 1. The van der Waals surface area contributed by atoms with Crippen LogP contribution in [0.5, 0.6) is 5.75 Å². The van der Waals surface area contributed by atoms with Crippen molar-refractivity contribution in [2.24, 2.45) is 0 Å². The first-order valence-corrected chi connectivity index (χ1v) is 8.40. The van der Waals surface area contributed by atoms with Gasteiger partial charge in [0, 0.05) is 10.4 Å². The van der Waals surface area contributed by atoms with Gasteiger partial charge in [-0.1, -0.05) is 29.8 Å². The molecule has 1 unspecified atom stereocenters. The number of para-hydroxylation sites is 1. The SMILES string of the molecule is CON1C(=O)n2c(cc3cc(Cl)ccc32)C1CC(=O)Oc1ccccc1. The van der Waals surface area contributed by atoms with Gasteiger partial charge in [0.25, 0.3) is 0 Å². The Labute approximate surface area is 154 Å². The summed E-state index contributed by atoms with van der Waals surface area (Å²) in [6, 6.07) is 15.0. The fourth-order valence-electron chi connectivity index (χ4n) is 3.23. The summed E-state index contributed by atoms with van der Waals surface area (Å²) < 4.78 is 6.89. The van der Waals surface area contributed by atoms with Gasteiger partial charge in [-0.2, -0.15) is 5.06 Å². The number of fused-ring (bicyclic) bond motifs is 3. The van der Waals surface area contributed by atoms with E-state index in [1.807, 2.05) is 12.1 Å². The topological polar surface area (TPSA) is 60.8 Å². The number of nitrogens with zero attached hydrogens (tertiary/aromatic N) is 2. The lowest BCUT2D eigenvalue weighted by Gasteiger charge is -2.20. The highest BCUT2D eigenvalue weighted by Gasteiger charge is 2.40. The molecule has 0 radical (unpaired) electrons. The molecule has 1 aliphatic rings. The smallest absolute Gasteiger partial charge is 0.353 e. The van der Waals surface area contributed by atoms with E-state index in [0.29, 0.717) is 16.5 Å². The van der Waals surface area contributed by atoms with Gasteiger partial charge in [-0.05, 0) is 36.4 Å². The van der Waals surface area contributed by atoms with E-state index in [0.717, 1.165) is 10.9 Å². The van der Waals surface area contributed by atoms with Gasteiger partial charge in [0.2, 0.25) is 0 Å². The number of amides is 1. The molecule has 2 heterocycles. The van der Waals surface area contributed by atoms with Crippen LogP contribution in [0.2, 0.25) is 5.02 Å². The van der Waals surface area contributed by atoms with E-state index in [9.17, 15) is 9.59 Å². The van der Waals surface area contributed by atoms with Crippen LogP contribution in [0, 0.1) is 0 Å². The highest BCUT2D eigenvalue weighted by molar-refractivity contribution is 6.31. The normalized spacial score (nSPS) is 16.2. The first-order chi connectivity index (χ1) is 12.6. The predicted molar refractivity (Wildman–Crippen MR) is 96.0 cm³/mol. The molecule has 0 N–H and O–H groups in total. The largest absolute Gasteiger partial charge is 0.426 e. The van der Waals surface area contributed by atoms with Gasteiger partial charge in [0.1, 0.15) is 11.8 Å². The van der Waals surface area contributed by atoms with Crippen LogP contribution in [0.3, 0.4) is 0 Å². The third-order valence-corrected chi connectivity index (χ3v) is 4.56. The predicted octanol–water partition coefficient (Wildman–Crippen LogP) is 4.18. The third-order valence-electron chi connectivity index (χ3n) is 4.33. The zero-order valence-electron chi connectivity index (χ0n) is 13.9. The summed E-state index contributed by atoms with van der Waals surface area (Å²) in [6.45, 7) is 0. The zero-order valence-corrected chi connectivity index (χ0v) is 14.6. The van der Waals surface area contributed by atoms with Crippen LogP contribution in [0.4, 0.5) is 4.79 Å². The fraction of sp³-hybridized carbons (Fsp3) is 0.158. The number of hydrogen-bond donors (Lipinski definition) is 0. The lowest BCUT2D eigenvalue weighted by Crippen LogP contribution is -2.30. The minimum absolute atomic E-state index is 0.0292. The lowest BCUT2D eigenvalue weighted by atomic mass is 10.1. The first kappa shape index (κ1) is 16.6. The molecule has 0 spiro atoms. The van der Waals surface area contributed by atoms with Crippen molar-refractivity contribution in [3.05, 3.63) is 65.3 Å². The molecule has 4 rings (SSSR count). The van der Waals surface area contributed by atoms with Crippen LogP contribution in [0.1, 0.15) is 18.2 Å². The van der Waals surface area contributed by atoms with Gasteiger partial charge in [-0.3, -0.25) is 14.2 Å². The monoisotopic (exact) mass is 370 g/mol. The van der Waals surface area contributed by atoms with Crippen LogP contribution in [-0.2, 0) is 9.63 Å². The maximum absolute atomic E-state index is 12.7. The number of hydrogen-bond acceptors (Lipinski definition) is 4. The molecule has 6 nitrogen and oxygen atoms in total. The molecular weight excluding hydrogens is 356 g/mol. The molecule has 132 valence electrons. The van der Waals surface area contributed by atoms with Crippen molar-refractivity contribution < 1.29 is 19.2 Å². The second-order valence-corrected chi connectivity index (χ2v) is 6.34. The Morgan fingerprint density at radius 1 is 1.15 bits per heavy atom. The Morgan fingerprint density at radius 2 is 1.92 bits per heavy atom. The Morgan fingerprint density at radius 3 is 2.65 bits per heavy atom. The summed E-state index contributed by atoms with van der Waals surface area (Å²) in [4.78, 5) is 30.3. The van der Waals surface area contributed by atoms with Crippen molar-refractivity contribution in [3.8, 4) is 5.75 Å². The van der Waals surface area contributed by atoms with E-state index in [1.165, 1.54) is 16.7 Å². The molecule has 7 heteroatoms. The summed E-state index contributed by atoms with van der Waals surface area (Å²) in [7, 11) is 1.40. The molecular formula is C19H15ClN2O4. The van der Waals surface area contributed by atoms with Crippen molar-refractivity contribution in [1.82, 2.24) is 9.63 Å². The van der Waals surface area contributed by atoms with Crippen molar-refractivity contribution >= 4 is 34.5 Å². The van der Waals surface area contributed by atoms with Gasteiger partial charge in [0.15, 0.2) is 0 Å². The summed E-state index contributed by atoms with van der Waals surface area (Å²) in [6.07, 6.45) is -0.0292. The Kier molecular flexibility index (Phi) is 4.14. The molecule has 1 aromatic heterocycles. The summed E-state index contributed by atoms with van der Waals surface area (Å²) >= 11 is 6.04. The molecule has 2 aromatic carbocycles. The van der Waals surface area contributed by atoms with E-state index in [1.54, 1.807) is 42.5 Å². The molecule has 26 heavy (non-hydrogen) atoms. The second kappa shape index (κ2) is 6.48. The van der Waals surface area contributed by atoms with Crippen molar-refractivity contribution in [1.29, 1.82) is 0 Å². The molecule has 0 bridgehead atoms. The second-order valence-electron chi connectivity index (χ2n) is 5.91. The number of esters is 1. The van der Waals surface area contributed by atoms with Gasteiger partial charge in [-0.25, -0.2) is 4.79 Å². The number of carbonyl (C=O) groups excluding carboxylic acids is 2. The average Bonchev–Trinajstić information content (AvgIpc) is 3.11. The highest BCUT2D eigenvalue weighted by atomic mass is 35.5. The maximum Gasteiger partial charge on any atom is 0.353 e. The third kappa shape index (κ3) is 2.73. The van der Waals surface area contributed by atoms with E-state index in [-0.39, 0.29) is 12.5 Å². The number of benzene rings is 2. The maximum atomic E-state index is 12.7. The lowest BCUT2D eigenvalue weighted by molar-refractivity contribution is -0.143. The van der Waals surface area contributed by atoms with Crippen molar-refractivity contribution in [2.75, 3.05) is 7.11 Å². The first-order valence-electron chi connectivity index (χ1n) is 8.03. The molecule has 0 aliphatic carbocycles. The Balaban J connectivity index is 1.66. The van der Waals surface area contributed by atoms with Gasteiger partial charge in [0.05, 0.1) is 24.7 Å². The molecule has 1 amide bonds. The van der Waals surface area contributed by atoms with Crippen LogP contribution >= 0.6 is 11.6 Å². The van der Waals surface area contributed by atoms with Crippen LogP contribution < -0.4 is 4.74 Å². The van der Waals surface area contributed by atoms with Crippen molar-refractivity contribution in [2.45, 2.75) is 12.5 Å². The number of hydroxylamine groups is 2. The molecule has 0 saturated carbocycles. The summed E-state index contributed by atoms with van der Waals surface area (Å²) in [5.41, 5.74) is 1.38. The van der Waals surface area contributed by atoms with Crippen LogP contribution in [-0.4, -0.2) is 28.7 Å². The summed E-state index contributed by atoms with van der Waals surface area (Å²) in [5, 5.41) is 2.60. The minimum atomic E-state index is -0.574. The van der Waals surface area contributed by atoms with Crippen LogP contribution in [0.25, 0.3) is 10.9 Å². The highest BCUT2D eigenvalue weighted by Crippen LogP contribution is 2.37. The fourth-order valence-corrected chi connectivity index (χ4v) is 3.41. The zero-order chi connectivity index (χ0) is 18.3. The number of rotatable bonds is 4. The van der Waals surface area contributed by atoms with Crippen LogP contribution in [0.15, 0.2) is 54.6 Å². The molecule has 0 saturated heterocycles. The number of halogens is 1. The van der Waals surface area contributed by atoms with Gasteiger partial charge >= 0.3 is 12.0 Å².